The van der Waals surface area contributed by atoms with E-state index in [2.05, 4.69) is 0 Å². The zero-order chi connectivity index (χ0) is 8.60. The highest BCUT2D eigenvalue weighted by Crippen LogP contribution is 2.43. The van der Waals surface area contributed by atoms with Crippen LogP contribution >= 0.6 is 0 Å². The number of phenolic OH excluding ortho intramolecular Hbond substituents is 1. The van der Waals surface area contributed by atoms with Crippen LogP contribution in [0.2, 0.25) is 0 Å². The first-order chi connectivity index (χ1) is 5.70. The van der Waals surface area contributed by atoms with Crippen LogP contribution in [0, 0.1) is 0 Å². The van der Waals surface area contributed by atoms with E-state index in [0.29, 0.717) is 19.3 Å². The van der Waals surface area contributed by atoms with Gasteiger partial charge in [-0.05, 0) is 24.5 Å². The molecule has 2 rings (SSSR count). The van der Waals surface area contributed by atoms with Crippen LogP contribution in [0.3, 0.4) is 0 Å². The monoisotopic (exact) mass is 166 g/mol. The zero-order valence-corrected chi connectivity index (χ0v) is 6.76. The molecule has 1 aliphatic rings. The standard InChI is InChI=1S/C10H11FO/c11-10(5-6-10)7-8-3-1-2-4-9(8)12/h1-4,12H,5-7H2. The molecule has 1 fully saturated rings. The molecular formula is C10H11FO. The zero-order valence-electron chi connectivity index (χ0n) is 6.76. The largest absolute Gasteiger partial charge is 0.508 e. The van der Waals surface area contributed by atoms with Crippen LogP contribution in [0.15, 0.2) is 24.3 Å². The number of benzene rings is 1. The van der Waals surface area contributed by atoms with Gasteiger partial charge in [-0.25, -0.2) is 4.39 Å². The average molecular weight is 166 g/mol. The van der Waals surface area contributed by atoms with Crippen molar-refractivity contribution in [3.05, 3.63) is 29.8 Å². The number of para-hydroxylation sites is 1. The number of rotatable bonds is 2. The molecule has 1 aliphatic carbocycles. The van der Waals surface area contributed by atoms with Gasteiger partial charge in [0.2, 0.25) is 0 Å². The summed E-state index contributed by atoms with van der Waals surface area (Å²) in [5.74, 6) is 0.210. The van der Waals surface area contributed by atoms with Crippen LogP contribution in [-0.2, 0) is 6.42 Å². The van der Waals surface area contributed by atoms with E-state index in [0.717, 1.165) is 5.56 Å². The fourth-order valence-corrected chi connectivity index (χ4v) is 1.31. The molecule has 0 amide bonds. The second-order valence-corrected chi connectivity index (χ2v) is 3.46. The van der Waals surface area contributed by atoms with Gasteiger partial charge in [0.15, 0.2) is 0 Å². The van der Waals surface area contributed by atoms with Crippen LogP contribution in [0.5, 0.6) is 5.75 Å². The van der Waals surface area contributed by atoms with Gasteiger partial charge in [-0.3, -0.25) is 0 Å². The maximum absolute atomic E-state index is 13.3. The molecule has 0 radical (unpaired) electrons. The Morgan fingerprint density at radius 2 is 2.00 bits per heavy atom. The molecule has 2 heteroatoms. The predicted octanol–water partition coefficient (Wildman–Crippen LogP) is 2.44. The van der Waals surface area contributed by atoms with Crippen LogP contribution in [0.1, 0.15) is 18.4 Å². The van der Waals surface area contributed by atoms with E-state index in [1.165, 1.54) is 0 Å². The van der Waals surface area contributed by atoms with Gasteiger partial charge in [0, 0.05) is 6.42 Å². The Kier molecular flexibility index (Phi) is 1.56. The van der Waals surface area contributed by atoms with Crippen molar-refractivity contribution in [2.75, 3.05) is 0 Å². The SMILES string of the molecule is Oc1ccccc1CC1(F)CC1. The van der Waals surface area contributed by atoms with E-state index < -0.39 is 5.67 Å². The van der Waals surface area contributed by atoms with Crippen LogP contribution in [0.25, 0.3) is 0 Å². The second-order valence-electron chi connectivity index (χ2n) is 3.46. The molecule has 1 N–H and O–H groups in total. The van der Waals surface area contributed by atoms with Gasteiger partial charge in [-0.15, -0.1) is 0 Å². The lowest BCUT2D eigenvalue weighted by Gasteiger charge is -2.06. The molecule has 1 aromatic rings. The Balaban J connectivity index is 2.17. The molecule has 0 bridgehead atoms. The lowest BCUT2D eigenvalue weighted by Crippen LogP contribution is -2.03. The van der Waals surface area contributed by atoms with Gasteiger partial charge < -0.3 is 5.11 Å². The lowest BCUT2D eigenvalue weighted by atomic mass is 10.1. The fourth-order valence-electron chi connectivity index (χ4n) is 1.31. The Hall–Kier alpha value is -1.05. The molecule has 0 heterocycles. The van der Waals surface area contributed by atoms with Crippen LogP contribution < -0.4 is 0 Å². The Bertz CT molecular complexity index is 292. The van der Waals surface area contributed by atoms with Gasteiger partial charge in [-0.2, -0.15) is 0 Å². The quantitative estimate of drug-likeness (QED) is 0.715. The third-order valence-electron chi connectivity index (χ3n) is 2.29. The average Bonchev–Trinajstić information content (AvgIpc) is 2.74. The Morgan fingerprint density at radius 3 is 2.58 bits per heavy atom. The molecule has 0 aromatic heterocycles. The summed E-state index contributed by atoms with van der Waals surface area (Å²) in [5.41, 5.74) is -0.295. The van der Waals surface area contributed by atoms with Crippen molar-refractivity contribution in [3.63, 3.8) is 0 Å². The predicted molar refractivity (Wildman–Crippen MR) is 44.9 cm³/mol. The summed E-state index contributed by atoms with van der Waals surface area (Å²) < 4.78 is 13.3. The first-order valence-corrected chi connectivity index (χ1v) is 4.15. The van der Waals surface area contributed by atoms with Crippen molar-refractivity contribution >= 4 is 0 Å². The summed E-state index contributed by atoms with van der Waals surface area (Å²) in [6.07, 6.45) is 1.64. The maximum Gasteiger partial charge on any atom is 0.118 e. The smallest absolute Gasteiger partial charge is 0.118 e. The molecule has 0 saturated heterocycles. The van der Waals surface area contributed by atoms with E-state index in [-0.39, 0.29) is 5.75 Å². The Morgan fingerprint density at radius 1 is 1.33 bits per heavy atom. The topological polar surface area (TPSA) is 20.2 Å². The third-order valence-corrected chi connectivity index (χ3v) is 2.29. The van der Waals surface area contributed by atoms with Crippen LogP contribution in [-0.4, -0.2) is 10.8 Å². The van der Waals surface area contributed by atoms with Gasteiger partial charge in [-0.1, -0.05) is 18.2 Å². The molecule has 0 atom stereocenters. The summed E-state index contributed by atoms with van der Waals surface area (Å²) in [7, 11) is 0. The van der Waals surface area contributed by atoms with Gasteiger partial charge in [0.1, 0.15) is 11.4 Å². The van der Waals surface area contributed by atoms with Crippen LogP contribution in [0.4, 0.5) is 4.39 Å². The molecular weight excluding hydrogens is 155 g/mol. The van der Waals surface area contributed by atoms with Crippen molar-refractivity contribution < 1.29 is 9.50 Å². The summed E-state index contributed by atoms with van der Waals surface area (Å²) in [4.78, 5) is 0. The number of aromatic hydroxyl groups is 1. The fraction of sp³-hybridized carbons (Fsp3) is 0.400. The summed E-state index contributed by atoms with van der Waals surface area (Å²) >= 11 is 0. The van der Waals surface area contributed by atoms with E-state index in [1.807, 2.05) is 6.07 Å². The number of hydrogen-bond donors (Lipinski definition) is 1. The minimum absolute atomic E-state index is 0.210. The van der Waals surface area contributed by atoms with E-state index in [9.17, 15) is 9.50 Å². The van der Waals surface area contributed by atoms with Crippen molar-refractivity contribution in [2.24, 2.45) is 0 Å². The van der Waals surface area contributed by atoms with E-state index in [4.69, 9.17) is 0 Å². The highest BCUT2D eigenvalue weighted by atomic mass is 19.1. The first-order valence-electron chi connectivity index (χ1n) is 4.15. The molecule has 0 spiro atoms. The number of alkyl halides is 1. The van der Waals surface area contributed by atoms with Crippen molar-refractivity contribution in [3.8, 4) is 5.75 Å². The Labute approximate surface area is 70.8 Å². The van der Waals surface area contributed by atoms with Gasteiger partial charge in [0.05, 0.1) is 0 Å². The molecule has 1 saturated carbocycles. The second kappa shape index (κ2) is 2.47. The number of phenols is 1. The molecule has 0 unspecified atom stereocenters. The molecule has 64 valence electrons. The minimum Gasteiger partial charge on any atom is -0.508 e. The number of halogens is 1. The highest BCUT2D eigenvalue weighted by molar-refractivity contribution is 5.33. The van der Waals surface area contributed by atoms with E-state index in [1.54, 1.807) is 18.2 Å². The molecule has 12 heavy (non-hydrogen) atoms. The van der Waals surface area contributed by atoms with Crippen molar-refractivity contribution in [2.45, 2.75) is 24.9 Å². The summed E-state index contributed by atoms with van der Waals surface area (Å²) in [6.45, 7) is 0. The van der Waals surface area contributed by atoms with Crippen molar-refractivity contribution in [1.29, 1.82) is 0 Å². The highest BCUT2D eigenvalue weighted by Gasteiger charge is 2.43. The van der Waals surface area contributed by atoms with Gasteiger partial charge >= 0.3 is 0 Å². The maximum atomic E-state index is 13.3. The lowest BCUT2D eigenvalue weighted by molar-refractivity contribution is 0.304. The summed E-state index contributed by atoms with van der Waals surface area (Å²) in [6, 6.07) is 6.94. The molecule has 0 aliphatic heterocycles. The third kappa shape index (κ3) is 1.42. The normalized spacial score (nSPS) is 19.1. The molecule has 1 aromatic carbocycles. The van der Waals surface area contributed by atoms with E-state index >= 15 is 0 Å². The molecule has 1 nitrogen and oxygen atoms in total. The number of hydrogen-bond acceptors (Lipinski definition) is 1. The minimum atomic E-state index is -1.02. The van der Waals surface area contributed by atoms with Gasteiger partial charge in [0.25, 0.3) is 0 Å². The first kappa shape index (κ1) is 7.59. The summed E-state index contributed by atoms with van der Waals surface area (Å²) in [5, 5.41) is 9.33. The van der Waals surface area contributed by atoms with Crippen molar-refractivity contribution in [1.82, 2.24) is 0 Å².